The van der Waals surface area contributed by atoms with Gasteiger partial charge in [0.05, 0.1) is 7.11 Å². The quantitative estimate of drug-likeness (QED) is 0.887. The third kappa shape index (κ3) is 2.20. The molecule has 0 amide bonds. The summed E-state index contributed by atoms with van der Waals surface area (Å²) >= 11 is 0. The molecule has 1 aliphatic carbocycles. The number of benzene rings is 1. The molecule has 0 saturated carbocycles. The smallest absolute Gasteiger partial charge is 0.331 e. The highest BCUT2D eigenvalue weighted by Gasteiger charge is 2.48. The lowest BCUT2D eigenvalue weighted by atomic mass is 9.65. The number of methoxy groups -OCH3 is 1. The van der Waals surface area contributed by atoms with Crippen molar-refractivity contribution in [3.05, 3.63) is 53.6 Å². The van der Waals surface area contributed by atoms with Crippen LogP contribution in [0.5, 0.6) is 5.75 Å². The van der Waals surface area contributed by atoms with Gasteiger partial charge in [0, 0.05) is 17.1 Å². The van der Waals surface area contributed by atoms with Gasteiger partial charge in [-0.05, 0) is 6.07 Å². The summed E-state index contributed by atoms with van der Waals surface area (Å²) in [7, 11) is 1.46. The standard InChI is InChI=1S/C16H16O5/c1-10-11(14(17)18)6-5-9-16(10,15(19)20)12-7-3-4-8-13(12)21-2/h3-10H,1-2H3,(H,17,18)(H,19,20). The summed E-state index contributed by atoms with van der Waals surface area (Å²) in [6.45, 7) is 1.60. The lowest BCUT2D eigenvalue weighted by molar-refractivity contribution is -0.143. The summed E-state index contributed by atoms with van der Waals surface area (Å²) in [6, 6.07) is 6.77. The molecule has 0 bridgehead atoms. The predicted octanol–water partition coefficient (Wildman–Crippen LogP) is 2.23. The SMILES string of the molecule is COc1ccccc1C1(C(=O)O)C=CC=C(C(=O)O)C1C. The average Bonchev–Trinajstić information content (AvgIpc) is 2.47. The maximum Gasteiger partial charge on any atom is 0.331 e. The van der Waals surface area contributed by atoms with Gasteiger partial charge < -0.3 is 14.9 Å². The van der Waals surface area contributed by atoms with Crippen molar-refractivity contribution in [2.75, 3.05) is 7.11 Å². The molecule has 110 valence electrons. The second kappa shape index (κ2) is 5.44. The fraction of sp³-hybridized carbons (Fsp3) is 0.250. The third-order valence-electron chi connectivity index (χ3n) is 3.94. The molecule has 1 aromatic rings. The number of ether oxygens (including phenoxy) is 1. The van der Waals surface area contributed by atoms with Gasteiger partial charge in [-0.2, -0.15) is 0 Å². The van der Waals surface area contributed by atoms with Crippen molar-refractivity contribution >= 4 is 11.9 Å². The highest BCUT2D eigenvalue weighted by Crippen LogP contribution is 2.44. The van der Waals surface area contributed by atoms with Crippen LogP contribution in [0.4, 0.5) is 0 Å². The molecule has 0 aromatic heterocycles. The lowest BCUT2D eigenvalue weighted by Gasteiger charge is -2.36. The molecule has 5 heteroatoms. The highest BCUT2D eigenvalue weighted by molar-refractivity contribution is 5.94. The van der Waals surface area contributed by atoms with Crippen LogP contribution in [0.3, 0.4) is 0 Å². The molecule has 2 atom stereocenters. The first kappa shape index (κ1) is 14.8. The van der Waals surface area contributed by atoms with E-state index in [1.807, 2.05) is 0 Å². The van der Waals surface area contributed by atoms with Crippen LogP contribution < -0.4 is 4.74 Å². The van der Waals surface area contributed by atoms with Gasteiger partial charge in [-0.15, -0.1) is 0 Å². The first-order valence-electron chi connectivity index (χ1n) is 6.44. The van der Waals surface area contributed by atoms with Crippen LogP contribution in [0.25, 0.3) is 0 Å². The fourth-order valence-corrected chi connectivity index (χ4v) is 2.78. The van der Waals surface area contributed by atoms with Crippen LogP contribution in [0.1, 0.15) is 12.5 Å². The predicted molar refractivity (Wildman–Crippen MR) is 76.3 cm³/mol. The van der Waals surface area contributed by atoms with Crippen LogP contribution >= 0.6 is 0 Å². The van der Waals surface area contributed by atoms with Gasteiger partial charge in [-0.3, -0.25) is 4.79 Å². The Bertz CT molecular complexity index is 644. The molecule has 2 rings (SSSR count). The Balaban J connectivity index is 2.69. The second-order valence-electron chi connectivity index (χ2n) is 4.88. The van der Waals surface area contributed by atoms with E-state index in [0.29, 0.717) is 11.3 Å². The Morgan fingerprint density at radius 3 is 2.48 bits per heavy atom. The van der Waals surface area contributed by atoms with Crippen LogP contribution in [0.15, 0.2) is 48.1 Å². The minimum atomic E-state index is -1.46. The molecule has 0 spiro atoms. The number of para-hydroxylation sites is 1. The van der Waals surface area contributed by atoms with Crippen molar-refractivity contribution in [1.29, 1.82) is 0 Å². The van der Waals surface area contributed by atoms with E-state index in [4.69, 9.17) is 4.74 Å². The Morgan fingerprint density at radius 1 is 1.24 bits per heavy atom. The molecule has 2 N–H and O–H groups in total. The zero-order chi connectivity index (χ0) is 15.6. The van der Waals surface area contributed by atoms with Gasteiger partial charge in [0.1, 0.15) is 11.2 Å². The zero-order valence-electron chi connectivity index (χ0n) is 11.7. The van der Waals surface area contributed by atoms with Crippen molar-refractivity contribution in [2.45, 2.75) is 12.3 Å². The van der Waals surface area contributed by atoms with Gasteiger partial charge in [-0.25, -0.2) is 4.79 Å². The molecular formula is C16H16O5. The summed E-state index contributed by atoms with van der Waals surface area (Å²) < 4.78 is 5.25. The van der Waals surface area contributed by atoms with E-state index < -0.39 is 23.3 Å². The molecule has 21 heavy (non-hydrogen) atoms. The summed E-state index contributed by atoms with van der Waals surface area (Å²) in [5.41, 5.74) is -0.962. The number of hydrogen-bond donors (Lipinski definition) is 2. The van der Waals surface area contributed by atoms with Crippen molar-refractivity contribution < 1.29 is 24.5 Å². The molecule has 5 nitrogen and oxygen atoms in total. The van der Waals surface area contributed by atoms with Crippen LogP contribution in [-0.2, 0) is 15.0 Å². The van der Waals surface area contributed by atoms with Gasteiger partial charge in [0.2, 0.25) is 0 Å². The Hall–Kier alpha value is -2.56. The second-order valence-corrected chi connectivity index (χ2v) is 4.88. The summed E-state index contributed by atoms with van der Waals surface area (Å²) in [4.78, 5) is 23.3. The van der Waals surface area contributed by atoms with E-state index in [1.165, 1.54) is 25.3 Å². The van der Waals surface area contributed by atoms with E-state index in [9.17, 15) is 19.8 Å². The Labute approximate surface area is 122 Å². The Morgan fingerprint density at radius 2 is 1.90 bits per heavy atom. The summed E-state index contributed by atoms with van der Waals surface area (Å²) in [5.74, 6) is -2.54. The zero-order valence-corrected chi connectivity index (χ0v) is 11.7. The topological polar surface area (TPSA) is 83.8 Å². The summed E-state index contributed by atoms with van der Waals surface area (Å²) in [6.07, 6.45) is 4.43. The van der Waals surface area contributed by atoms with Crippen molar-refractivity contribution in [2.24, 2.45) is 5.92 Å². The number of rotatable bonds is 4. The molecule has 2 unspecified atom stereocenters. The number of carboxylic acid groups (broad SMARTS) is 2. The number of allylic oxidation sites excluding steroid dienone is 2. The van der Waals surface area contributed by atoms with E-state index in [1.54, 1.807) is 31.2 Å². The van der Waals surface area contributed by atoms with E-state index in [-0.39, 0.29) is 5.57 Å². The third-order valence-corrected chi connectivity index (χ3v) is 3.94. The first-order valence-corrected chi connectivity index (χ1v) is 6.44. The largest absolute Gasteiger partial charge is 0.496 e. The maximum atomic E-state index is 12.0. The maximum absolute atomic E-state index is 12.0. The van der Waals surface area contributed by atoms with Crippen LogP contribution in [0, 0.1) is 5.92 Å². The molecule has 0 fully saturated rings. The highest BCUT2D eigenvalue weighted by atomic mass is 16.5. The lowest BCUT2D eigenvalue weighted by Crippen LogP contribution is -2.43. The van der Waals surface area contributed by atoms with E-state index >= 15 is 0 Å². The van der Waals surface area contributed by atoms with Gasteiger partial charge >= 0.3 is 11.9 Å². The number of carbonyl (C=O) groups is 2. The number of hydrogen-bond acceptors (Lipinski definition) is 3. The summed E-state index contributed by atoms with van der Waals surface area (Å²) in [5, 5.41) is 19.1. The van der Waals surface area contributed by atoms with Gasteiger partial charge in [0.25, 0.3) is 0 Å². The van der Waals surface area contributed by atoms with E-state index in [2.05, 4.69) is 0 Å². The minimum Gasteiger partial charge on any atom is -0.496 e. The first-order chi connectivity index (χ1) is 9.95. The molecule has 0 saturated heterocycles. The van der Waals surface area contributed by atoms with Gasteiger partial charge in [0.15, 0.2) is 0 Å². The van der Waals surface area contributed by atoms with Crippen LogP contribution in [0.2, 0.25) is 0 Å². The molecule has 0 aliphatic heterocycles. The van der Waals surface area contributed by atoms with Crippen molar-refractivity contribution in [3.63, 3.8) is 0 Å². The molecule has 1 aliphatic rings. The molecule has 1 aromatic carbocycles. The number of carboxylic acids is 2. The normalized spacial score (nSPS) is 24.3. The molecule has 0 heterocycles. The van der Waals surface area contributed by atoms with Crippen molar-refractivity contribution in [1.82, 2.24) is 0 Å². The molecule has 0 radical (unpaired) electrons. The monoisotopic (exact) mass is 288 g/mol. The average molecular weight is 288 g/mol. The van der Waals surface area contributed by atoms with Crippen molar-refractivity contribution in [3.8, 4) is 5.75 Å². The van der Waals surface area contributed by atoms with Crippen LogP contribution in [-0.4, -0.2) is 29.3 Å². The fourth-order valence-electron chi connectivity index (χ4n) is 2.78. The van der Waals surface area contributed by atoms with E-state index in [0.717, 1.165) is 0 Å². The number of aliphatic carboxylic acids is 2. The van der Waals surface area contributed by atoms with Gasteiger partial charge in [-0.1, -0.05) is 43.4 Å². The molecular weight excluding hydrogens is 272 g/mol. The minimum absolute atomic E-state index is 0.0609. The Kier molecular flexibility index (Phi) is 3.84.